The molecule has 19 heavy (non-hydrogen) atoms. The number of carbonyl (C=O) groups excluding carboxylic acids is 1. The van der Waals surface area contributed by atoms with Gasteiger partial charge in [0.15, 0.2) is 0 Å². The molecule has 0 heterocycles. The first-order chi connectivity index (χ1) is 8.86. The van der Waals surface area contributed by atoms with Crippen molar-refractivity contribution in [3.63, 3.8) is 0 Å². The third-order valence-corrected chi connectivity index (χ3v) is 4.18. The van der Waals surface area contributed by atoms with E-state index in [4.69, 9.17) is 10.2 Å². The van der Waals surface area contributed by atoms with E-state index in [1.807, 2.05) is 13.8 Å². The number of carboxylic acid groups (broad SMARTS) is 1. The van der Waals surface area contributed by atoms with Gasteiger partial charge in [-0.25, -0.2) is 0 Å². The Kier molecular flexibility index (Phi) is 5.35. The highest BCUT2D eigenvalue weighted by molar-refractivity contribution is 5.91. The monoisotopic (exact) mass is 271 g/mol. The molecule has 0 bridgehead atoms. The third-order valence-electron chi connectivity index (χ3n) is 4.18. The van der Waals surface area contributed by atoms with Gasteiger partial charge in [0.05, 0.1) is 11.8 Å². The summed E-state index contributed by atoms with van der Waals surface area (Å²) >= 11 is 0. The number of nitrogens with one attached hydrogen (secondary N) is 1. The van der Waals surface area contributed by atoms with Gasteiger partial charge in [0.25, 0.3) is 0 Å². The molecule has 0 aliphatic heterocycles. The normalized spacial score (nSPS) is 25.7. The lowest BCUT2D eigenvalue weighted by Crippen LogP contribution is -2.32. The van der Waals surface area contributed by atoms with Gasteiger partial charge in [-0.2, -0.15) is 0 Å². The van der Waals surface area contributed by atoms with Gasteiger partial charge in [0, 0.05) is 13.2 Å². The molecule has 1 aliphatic carbocycles. The van der Waals surface area contributed by atoms with E-state index in [1.54, 1.807) is 0 Å². The largest absolute Gasteiger partial charge is 0.481 e. The van der Waals surface area contributed by atoms with Crippen LogP contribution < -0.4 is 5.32 Å². The van der Waals surface area contributed by atoms with Crippen molar-refractivity contribution in [1.29, 1.82) is 0 Å². The fraction of sp³-hybridized carbons (Fsp3) is 0.857. The van der Waals surface area contributed by atoms with Crippen LogP contribution in [0, 0.1) is 23.2 Å². The summed E-state index contributed by atoms with van der Waals surface area (Å²) in [7, 11) is 0. The molecule has 0 saturated heterocycles. The van der Waals surface area contributed by atoms with Crippen molar-refractivity contribution in [3.05, 3.63) is 0 Å². The molecule has 0 aromatic carbocycles. The van der Waals surface area contributed by atoms with Crippen molar-refractivity contribution >= 4 is 11.9 Å². The fourth-order valence-electron chi connectivity index (χ4n) is 2.88. The van der Waals surface area contributed by atoms with Crippen molar-refractivity contribution in [2.75, 3.05) is 13.2 Å². The Hall–Kier alpha value is -1.10. The first-order valence-electron chi connectivity index (χ1n) is 6.97. The van der Waals surface area contributed by atoms with Crippen LogP contribution in [-0.4, -0.2) is 35.2 Å². The lowest BCUT2D eigenvalue weighted by molar-refractivity contribution is -0.140. The first kappa shape index (κ1) is 16.0. The van der Waals surface area contributed by atoms with Crippen LogP contribution >= 0.6 is 0 Å². The second-order valence-electron chi connectivity index (χ2n) is 6.03. The second kappa shape index (κ2) is 6.37. The van der Waals surface area contributed by atoms with E-state index in [0.29, 0.717) is 13.0 Å². The molecule has 5 heteroatoms. The molecule has 110 valence electrons. The Bertz CT molecular complexity index is 334. The highest BCUT2D eigenvalue weighted by Gasteiger charge is 2.65. The fourth-order valence-corrected chi connectivity index (χ4v) is 2.88. The number of hydrogen-bond acceptors (Lipinski definition) is 3. The summed E-state index contributed by atoms with van der Waals surface area (Å²) < 4.78 is 0. The maximum atomic E-state index is 12.0. The van der Waals surface area contributed by atoms with Gasteiger partial charge in [-0.3, -0.25) is 9.59 Å². The molecule has 0 radical (unpaired) electrons. The molecule has 1 amide bonds. The standard InChI is InChI=1S/C14H25NO4/c1-4-5-9(6-7-16)8-15-12(17)10-11(13(18)19)14(10,2)3/h9-11,16H,4-8H2,1-3H3,(H,15,17)(H,18,19). The zero-order valence-corrected chi connectivity index (χ0v) is 12.0. The van der Waals surface area contributed by atoms with Gasteiger partial charge in [-0.1, -0.05) is 27.2 Å². The lowest BCUT2D eigenvalue weighted by atomic mass is 10.00. The average Bonchev–Trinajstić information content (AvgIpc) is 2.90. The van der Waals surface area contributed by atoms with Crippen LogP contribution in [0.25, 0.3) is 0 Å². The van der Waals surface area contributed by atoms with Gasteiger partial charge in [0.2, 0.25) is 5.91 Å². The van der Waals surface area contributed by atoms with Gasteiger partial charge < -0.3 is 15.5 Å². The van der Waals surface area contributed by atoms with Gasteiger partial charge in [0.1, 0.15) is 0 Å². The summed E-state index contributed by atoms with van der Waals surface area (Å²) in [6.07, 6.45) is 2.63. The highest BCUT2D eigenvalue weighted by Crippen LogP contribution is 2.58. The zero-order chi connectivity index (χ0) is 14.6. The van der Waals surface area contributed by atoms with Crippen molar-refractivity contribution in [2.24, 2.45) is 23.2 Å². The highest BCUT2D eigenvalue weighted by atomic mass is 16.4. The Morgan fingerprint density at radius 2 is 1.89 bits per heavy atom. The van der Waals surface area contributed by atoms with E-state index < -0.39 is 23.2 Å². The number of aliphatic hydroxyl groups excluding tert-OH is 1. The molecular weight excluding hydrogens is 246 g/mol. The molecular formula is C14H25NO4. The van der Waals surface area contributed by atoms with Crippen molar-refractivity contribution in [2.45, 2.75) is 40.0 Å². The summed E-state index contributed by atoms with van der Waals surface area (Å²) in [5, 5.41) is 20.8. The zero-order valence-electron chi connectivity index (χ0n) is 12.0. The SMILES string of the molecule is CCCC(CCO)CNC(=O)C1C(C(=O)O)C1(C)C. The minimum atomic E-state index is -0.898. The van der Waals surface area contributed by atoms with Crippen LogP contribution in [0.2, 0.25) is 0 Å². The van der Waals surface area contributed by atoms with Crippen LogP contribution in [0.15, 0.2) is 0 Å². The first-order valence-corrected chi connectivity index (χ1v) is 6.97. The predicted octanol–water partition coefficient (Wildman–Crippen LogP) is 1.26. The number of amides is 1. The van der Waals surface area contributed by atoms with Gasteiger partial charge >= 0.3 is 5.97 Å². The molecule has 3 atom stereocenters. The molecule has 1 fully saturated rings. The maximum Gasteiger partial charge on any atom is 0.307 e. The lowest BCUT2D eigenvalue weighted by Gasteiger charge is -2.16. The van der Waals surface area contributed by atoms with E-state index in [9.17, 15) is 9.59 Å². The summed E-state index contributed by atoms with van der Waals surface area (Å²) in [5.41, 5.74) is -0.451. The Morgan fingerprint density at radius 3 is 2.32 bits per heavy atom. The van der Waals surface area contributed by atoms with Crippen molar-refractivity contribution in [1.82, 2.24) is 5.32 Å². The number of rotatable bonds is 8. The van der Waals surface area contributed by atoms with E-state index >= 15 is 0 Å². The number of aliphatic carboxylic acids is 1. The molecule has 1 rings (SSSR count). The van der Waals surface area contributed by atoms with Gasteiger partial charge in [-0.15, -0.1) is 0 Å². The van der Waals surface area contributed by atoms with Crippen molar-refractivity contribution < 1.29 is 19.8 Å². The third kappa shape index (κ3) is 3.69. The molecule has 1 aliphatic rings. The average molecular weight is 271 g/mol. The second-order valence-corrected chi connectivity index (χ2v) is 6.03. The molecule has 0 aromatic heterocycles. The molecule has 0 aromatic rings. The van der Waals surface area contributed by atoms with Crippen LogP contribution in [-0.2, 0) is 9.59 Å². The topological polar surface area (TPSA) is 86.6 Å². The summed E-state index contributed by atoms with van der Waals surface area (Å²) in [4.78, 5) is 23.0. The summed E-state index contributed by atoms with van der Waals surface area (Å²) in [5.74, 6) is -1.80. The Morgan fingerprint density at radius 1 is 1.26 bits per heavy atom. The molecule has 1 saturated carbocycles. The quantitative estimate of drug-likeness (QED) is 0.620. The van der Waals surface area contributed by atoms with Crippen LogP contribution in [0.4, 0.5) is 0 Å². The van der Waals surface area contributed by atoms with Crippen molar-refractivity contribution in [3.8, 4) is 0 Å². The Balaban J connectivity index is 2.46. The van der Waals surface area contributed by atoms with Gasteiger partial charge in [-0.05, 0) is 24.2 Å². The molecule has 3 unspecified atom stereocenters. The minimum Gasteiger partial charge on any atom is -0.481 e. The molecule has 5 nitrogen and oxygen atoms in total. The van der Waals surface area contributed by atoms with E-state index in [1.165, 1.54) is 0 Å². The number of aliphatic hydroxyl groups is 1. The minimum absolute atomic E-state index is 0.118. The van der Waals surface area contributed by atoms with Crippen LogP contribution in [0.1, 0.15) is 40.0 Å². The molecule has 3 N–H and O–H groups in total. The number of carbonyl (C=O) groups is 2. The summed E-state index contributed by atoms with van der Waals surface area (Å²) in [6, 6.07) is 0. The maximum absolute atomic E-state index is 12.0. The van der Waals surface area contributed by atoms with E-state index in [2.05, 4.69) is 12.2 Å². The van der Waals surface area contributed by atoms with E-state index in [0.717, 1.165) is 12.8 Å². The predicted molar refractivity (Wildman–Crippen MR) is 71.5 cm³/mol. The number of hydrogen-bond donors (Lipinski definition) is 3. The van der Waals surface area contributed by atoms with Crippen LogP contribution in [0.5, 0.6) is 0 Å². The van der Waals surface area contributed by atoms with Crippen LogP contribution in [0.3, 0.4) is 0 Å². The molecule has 0 spiro atoms. The Labute approximate surface area is 114 Å². The van der Waals surface area contributed by atoms with E-state index in [-0.39, 0.29) is 18.4 Å². The summed E-state index contributed by atoms with van der Waals surface area (Å²) in [6.45, 7) is 6.33. The number of carboxylic acids is 1. The smallest absolute Gasteiger partial charge is 0.307 e.